The van der Waals surface area contributed by atoms with E-state index in [4.69, 9.17) is 0 Å². The van der Waals surface area contributed by atoms with Gasteiger partial charge >= 0.3 is 0 Å². The highest BCUT2D eigenvalue weighted by molar-refractivity contribution is 9.09. The fourth-order valence-corrected chi connectivity index (χ4v) is 1.30. The van der Waals surface area contributed by atoms with Crippen molar-refractivity contribution in [3.8, 4) is 0 Å². The number of alkyl halides is 1. The average molecular weight is 233 g/mol. The molecule has 0 saturated carbocycles. The van der Waals surface area contributed by atoms with E-state index in [1.54, 1.807) is 0 Å². The van der Waals surface area contributed by atoms with Gasteiger partial charge in [-0.3, -0.25) is 0 Å². The third-order valence-corrected chi connectivity index (χ3v) is 3.76. The Kier molecular flexibility index (Phi) is 5.15. The van der Waals surface area contributed by atoms with E-state index >= 15 is 0 Å². The first-order chi connectivity index (χ1) is 5.43. The van der Waals surface area contributed by atoms with Crippen molar-refractivity contribution in [3.05, 3.63) is 12.2 Å². The second-order valence-electron chi connectivity index (χ2n) is 4.23. The number of hydrogen-bond donors (Lipinski definition) is 0. The van der Waals surface area contributed by atoms with Gasteiger partial charge in [0.1, 0.15) is 0 Å². The van der Waals surface area contributed by atoms with Crippen molar-refractivity contribution in [1.29, 1.82) is 0 Å². The van der Waals surface area contributed by atoms with Crippen molar-refractivity contribution in [2.75, 3.05) is 0 Å². The van der Waals surface area contributed by atoms with Gasteiger partial charge in [-0.2, -0.15) is 0 Å². The van der Waals surface area contributed by atoms with E-state index in [9.17, 15) is 0 Å². The van der Waals surface area contributed by atoms with Gasteiger partial charge in [-0.1, -0.05) is 62.2 Å². The Morgan fingerprint density at radius 1 is 1.42 bits per heavy atom. The predicted molar refractivity (Wildman–Crippen MR) is 60.8 cm³/mol. The van der Waals surface area contributed by atoms with E-state index < -0.39 is 0 Å². The minimum atomic E-state index is 0.415. The minimum absolute atomic E-state index is 0.415. The SMILES string of the molecule is C=C(CC(C)(C)CC)C(Br)CC. The minimum Gasteiger partial charge on any atom is -0.0987 e. The summed E-state index contributed by atoms with van der Waals surface area (Å²) in [7, 11) is 0. The summed E-state index contributed by atoms with van der Waals surface area (Å²) in [4.78, 5) is 0.503. The largest absolute Gasteiger partial charge is 0.0987 e. The van der Waals surface area contributed by atoms with E-state index in [2.05, 4.69) is 50.2 Å². The maximum Gasteiger partial charge on any atom is 0.0349 e. The lowest BCUT2D eigenvalue weighted by atomic mass is 9.82. The molecule has 0 rings (SSSR count). The Bertz CT molecular complexity index is 147. The van der Waals surface area contributed by atoms with Crippen LogP contribution in [0.4, 0.5) is 0 Å². The molecule has 1 atom stereocenters. The first-order valence-electron chi connectivity index (χ1n) is 4.74. The maximum absolute atomic E-state index is 4.11. The molecule has 1 heteroatoms. The molecule has 0 radical (unpaired) electrons. The fraction of sp³-hybridized carbons (Fsp3) is 0.818. The van der Waals surface area contributed by atoms with Crippen LogP contribution in [0.15, 0.2) is 12.2 Å². The van der Waals surface area contributed by atoms with Crippen LogP contribution in [-0.2, 0) is 0 Å². The number of halogens is 1. The van der Waals surface area contributed by atoms with Crippen molar-refractivity contribution >= 4 is 15.9 Å². The van der Waals surface area contributed by atoms with Crippen LogP contribution in [0, 0.1) is 5.41 Å². The van der Waals surface area contributed by atoms with Crippen LogP contribution >= 0.6 is 15.9 Å². The highest BCUT2D eigenvalue weighted by Gasteiger charge is 2.18. The molecule has 0 aromatic rings. The summed E-state index contributed by atoms with van der Waals surface area (Å²) in [5, 5.41) is 0. The number of allylic oxidation sites excluding steroid dienone is 1. The van der Waals surface area contributed by atoms with Gasteiger partial charge in [0, 0.05) is 4.83 Å². The number of hydrogen-bond acceptors (Lipinski definition) is 0. The summed E-state index contributed by atoms with van der Waals surface area (Å²) >= 11 is 3.62. The van der Waals surface area contributed by atoms with Gasteiger partial charge in [-0.15, -0.1) is 0 Å². The molecule has 0 bridgehead atoms. The van der Waals surface area contributed by atoms with Gasteiger partial charge in [0.25, 0.3) is 0 Å². The highest BCUT2D eigenvalue weighted by atomic mass is 79.9. The molecule has 0 N–H and O–H groups in total. The zero-order valence-corrected chi connectivity index (χ0v) is 10.4. The Morgan fingerprint density at radius 2 is 1.92 bits per heavy atom. The van der Waals surface area contributed by atoms with Crippen LogP contribution in [0.3, 0.4) is 0 Å². The molecule has 0 heterocycles. The molecule has 0 aliphatic carbocycles. The molecular weight excluding hydrogens is 212 g/mol. The molecule has 0 aliphatic heterocycles. The summed E-state index contributed by atoms with van der Waals surface area (Å²) in [6.45, 7) is 13.1. The monoisotopic (exact) mass is 232 g/mol. The lowest BCUT2D eigenvalue weighted by Gasteiger charge is -2.25. The molecule has 0 fully saturated rings. The smallest absolute Gasteiger partial charge is 0.0349 e. The van der Waals surface area contributed by atoms with Crippen LogP contribution in [0.2, 0.25) is 0 Å². The van der Waals surface area contributed by atoms with Gasteiger partial charge in [0.15, 0.2) is 0 Å². The normalized spacial score (nSPS) is 14.4. The van der Waals surface area contributed by atoms with Crippen molar-refractivity contribution in [3.63, 3.8) is 0 Å². The van der Waals surface area contributed by atoms with Crippen LogP contribution in [-0.4, -0.2) is 4.83 Å². The molecule has 12 heavy (non-hydrogen) atoms. The Hall–Kier alpha value is 0.220. The van der Waals surface area contributed by atoms with Crippen molar-refractivity contribution in [2.24, 2.45) is 5.41 Å². The molecule has 0 saturated heterocycles. The molecule has 0 aliphatic rings. The summed E-state index contributed by atoms with van der Waals surface area (Å²) in [6.07, 6.45) is 3.49. The van der Waals surface area contributed by atoms with Gasteiger partial charge in [-0.25, -0.2) is 0 Å². The Balaban J connectivity index is 4.00. The second kappa shape index (κ2) is 5.06. The number of rotatable bonds is 5. The molecule has 0 aromatic carbocycles. The summed E-state index contributed by atoms with van der Waals surface area (Å²) in [5.74, 6) is 0. The molecule has 0 amide bonds. The van der Waals surface area contributed by atoms with Crippen LogP contribution in [0.1, 0.15) is 47.0 Å². The molecule has 1 unspecified atom stereocenters. The lowest BCUT2D eigenvalue weighted by Crippen LogP contribution is -2.14. The van der Waals surface area contributed by atoms with E-state index in [0.29, 0.717) is 10.2 Å². The molecule has 72 valence electrons. The van der Waals surface area contributed by atoms with Gasteiger partial charge < -0.3 is 0 Å². The molecule has 0 aromatic heterocycles. The second-order valence-corrected chi connectivity index (χ2v) is 5.33. The first-order valence-corrected chi connectivity index (χ1v) is 5.66. The van der Waals surface area contributed by atoms with Crippen LogP contribution in [0.5, 0.6) is 0 Å². The van der Waals surface area contributed by atoms with E-state index in [-0.39, 0.29) is 0 Å². The average Bonchev–Trinajstić information content (AvgIpc) is 2.02. The fourth-order valence-electron chi connectivity index (χ4n) is 1.14. The molecule has 0 spiro atoms. The zero-order chi connectivity index (χ0) is 9.78. The Morgan fingerprint density at radius 3 is 2.25 bits per heavy atom. The third kappa shape index (κ3) is 4.30. The Labute approximate surface area is 85.6 Å². The van der Waals surface area contributed by atoms with Crippen molar-refractivity contribution < 1.29 is 0 Å². The highest BCUT2D eigenvalue weighted by Crippen LogP contribution is 2.31. The maximum atomic E-state index is 4.11. The third-order valence-electron chi connectivity index (χ3n) is 2.46. The van der Waals surface area contributed by atoms with Gasteiger partial charge in [-0.05, 0) is 18.3 Å². The molecular formula is C11H21Br. The molecule has 0 nitrogen and oxygen atoms in total. The van der Waals surface area contributed by atoms with E-state index in [1.165, 1.54) is 12.0 Å². The van der Waals surface area contributed by atoms with Crippen LogP contribution in [0.25, 0.3) is 0 Å². The predicted octanol–water partition coefficient (Wildman–Crippen LogP) is 4.54. The topological polar surface area (TPSA) is 0 Å². The lowest BCUT2D eigenvalue weighted by molar-refractivity contribution is 0.345. The van der Waals surface area contributed by atoms with Crippen LogP contribution < -0.4 is 0 Å². The van der Waals surface area contributed by atoms with Gasteiger partial charge in [0.05, 0.1) is 0 Å². The standard InChI is InChI=1S/C11H21Br/c1-6-10(12)9(3)8-11(4,5)7-2/h10H,3,6-8H2,1-2,4-5H3. The van der Waals surface area contributed by atoms with E-state index in [0.717, 1.165) is 12.8 Å². The van der Waals surface area contributed by atoms with Crippen molar-refractivity contribution in [1.82, 2.24) is 0 Å². The first kappa shape index (κ1) is 12.2. The summed E-state index contributed by atoms with van der Waals surface area (Å²) in [5.41, 5.74) is 1.75. The summed E-state index contributed by atoms with van der Waals surface area (Å²) in [6, 6.07) is 0. The van der Waals surface area contributed by atoms with Crippen molar-refractivity contribution in [2.45, 2.75) is 51.8 Å². The van der Waals surface area contributed by atoms with E-state index in [1.807, 2.05) is 0 Å². The zero-order valence-electron chi connectivity index (χ0n) is 8.78. The quantitative estimate of drug-likeness (QED) is 0.483. The summed E-state index contributed by atoms with van der Waals surface area (Å²) < 4.78 is 0. The van der Waals surface area contributed by atoms with Gasteiger partial charge in [0.2, 0.25) is 0 Å².